The van der Waals surface area contributed by atoms with Gasteiger partial charge >= 0.3 is 16.3 Å². The van der Waals surface area contributed by atoms with Crippen molar-refractivity contribution < 1.29 is 30.6 Å². The Hall–Kier alpha value is -3.24. The molecule has 11 heteroatoms. The van der Waals surface area contributed by atoms with Gasteiger partial charge in [0.2, 0.25) is 0 Å². The minimum atomic E-state index is -4.73. The maximum Gasteiger partial charge on any atom is 0.416 e. The first-order chi connectivity index (χ1) is 18.3. The Kier molecular flexibility index (Phi) is 9.55. The van der Waals surface area contributed by atoms with E-state index in [1.54, 1.807) is 50.2 Å². The lowest BCUT2D eigenvalue weighted by molar-refractivity contribution is -0.137. The van der Waals surface area contributed by atoms with Crippen LogP contribution in [0.25, 0.3) is 0 Å². The molecule has 3 aromatic rings. The van der Waals surface area contributed by atoms with Crippen LogP contribution in [0, 0.1) is 0 Å². The van der Waals surface area contributed by atoms with Crippen molar-refractivity contribution in [3.63, 3.8) is 0 Å². The second-order valence-corrected chi connectivity index (χ2v) is 11.0. The molecule has 0 aliphatic heterocycles. The van der Waals surface area contributed by atoms with Crippen LogP contribution >= 0.6 is 11.6 Å². The van der Waals surface area contributed by atoms with Gasteiger partial charge in [0.1, 0.15) is 10.6 Å². The lowest BCUT2D eigenvalue weighted by atomic mass is 10.1. The van der Waals surface area contributed by atoms with Crippen molar-refractivity contribution >= 4 is 33.3 Å². The molecule has 0 heterocycles. The van der Waals surface area contributed by atoms with E-state index in [0.29, 0.717) is 30.4 Å². The number of amides is 1. The van der Waals surface area contributed by atoms with Gasteiger partial charge in [-0.25, -0.2) is 0 Å². The van der Waals surface area contributed by atoms with Crippen LogP contribution in [0.1, 0.15) is 49.2 Å². The fourth-order valence-electron chi connectivity index (χ4n) is 3.99. The van der Waals surface area contributed by atoms with E-state index in [1.165, 1.54) is 11.0 Å². The molecular weight excluding hydrogens is 553 g/mol. The molecule has 0 atom stereocenters. The minimum Gasteiger partial charge on any atom is -0.379 e. The predicted octanol–water partition coefficient (Wildman–Crippen LogP) is 7.02. The molecule has 0 fully saturated rings. The number of carbonyl (C=O) groups excluding carboxylic acids is 1. The number of nitrogens with zero attached hydrogens (tertiary/aromatic N) is 2. The van der Waals surface area contributed by atoms with Gasteiger partial charge in [0.15, 0.2) is 0 Å². The number of hydrogen-bond donors (Lipinski definition) is 0. The summed E-state index contributed by atoms with van der Waals surface area (Å²) >= 11 is 6.25. The first-order valence-electron chi connectivity index (χ1n) is 12.3. The zero-order valence-corrected chi connectivity index (χ0v) is 23.6. The number of anilines is 1. The highest BCUT2D eigenvalue weighted by Crippen LogP contribution is 2.33. The fourth-order valence-corrected chi connectivity index (χ4v) is 5.21. The molecule has 3 aromatic carbocycles. The second kappa shape index (κ2) is 12.3. The minimum absolute atomic E-state index is 0.0340. The van der Waals surface area contributed by atoms with Crippen molar-refractivity contribution in [1.82, 2.24) is 4.90 Å². The number of halogens is 4. The Morgan fingerprint density at radius 1 is 0.974 bits per heavy atom. The van der Waals surface area contributed by atoms with Crippen molar-refractivity contribution in [2.45, 2.75) is 51.4 Å². The summed E-state index contributed by atoms with van der Waals surface area (Å²) in [5.41, 5.74) is 0.189. The van der Waals surface area contributed by atoms with Gasteiger partial charge in [-0.1, -0.05) is 35.9 Å². The smallest absolute Gasteiger partial charge is 0.379 e. The zero-order valence-electron chi connectivity index (χ0n) is 22.0. The Morgan fingerprint density at radius 3 is 2.23 bits per heavy atom. The van der Waals surface area contributed by atoms with Crippen LogP contribution in [0.15, 0.2) is 71.6 Å². The summed E-state index contributed by atoms with van der Waals surface area (Å²) in [6.45, 7) is 8.68. The molecular formula is C28H30ClF3N2O4S. The summed E-state index contributed by atoms with van der Waals surface area (Å²) < 4.78 is 71.5. The van der Waals surface area contributed by atoms with Gasteiger partial charge in [-0.2, -0.15) is 21.6 Å². The normalized spacial score (nSPS) is 11.9. The van der Waals surface area contributed by atoms with Gasteiger partial charge in [0.25, 0.3) is 5.91 Å². The van der Waals surface area contributed by atoms with E-state index < -0.39 is 26.8 Å². The highest BCUT2D eigenvalue weighted by atomic mass is 35.5. The van der Waals surface area contributed by atoms with E-state index >= 15 is 0 Å². The van der Waals surface area contributed by atoms with Crippen LogP contribution in [0.5, 0.6) is 5.75 Å². The molecule has 0 aliphatic rings. The van der Waals surface area contributed by atoms with Crippen molar-refractivity contribution in [3.8, 4) is 5.75 Å². The summed E-state index contributed by atoms with van der Waals surface area (Å²) in [5.74, 6) is -0.454. The highest BCUT2D eigenvalue weighted by Gasteiger charge is 2.32. The van der Waals surface area contributed by atoms with Crippen molar-refractivity contribution in [3.05, 3.63) is 88.4 Å². The van der Waals surface area contributed by atoms with Crippen LogP contribution in [0.4, 0.5) is 18.9 Å². The second-order valence-electron chi connectivity index (χ2n) is 9.03. The van der Waals surface area contributed by atoms with E-state index in [1.807, 2.05) is 18.7 Å². The van der Waals surface area contributed by atoms with Gasteiger partial charge in [-0.15, -0.1) is 0 Å². The molecule has 0 bridgehead atoms. The summed E-state index contributed by atoms with van der Waals surface area (Å²) in [5, 5.41) is 0.272. The lowest BCUT2D eigenvalue weighted by Crippen LogP contribution is -2.36. The van der Waals surface area contributed by atoms with Crippen molar-refractivity contribution in [2.75, 3.05) is 18.0 Å². The van der Waals surface area contributed by atoms with Crippen molar-refractivity contribution in [2.24, 2.45) is 0 Å². The van der Waals surface area contributed by atoms with Crippen molar-refractivity contribution in [1.29, 1.82) is 0 Å². The summed E-state index contributed by atoms with van der Waals surface area (Å²) in [6, 6.07) is 14.6. The third-order valence-electron chi connectivity index (χ3n) is 6.16. The molecule has 1 amide bonds. The zero-order chi connectivity index (χ0) is 29.0. The maximum absolute atomic E-state index is 13.4. The molecule has 0 spiro atoms. The van der Waals surface area contributed by atoms with Crippen LogP contribution in [0.3, 0.4) is 0 Å². The Labute approximate surface area is 232 Å². The summed E-state index contributed by atoms with van der Waals surface area (Å²) in [4.78, 5) is 16.2. The average Bonchev–Trinajstić information content (AvgIpc) is 2.88. The van der Waals surface area contributed by atoms with Crippen LogP contribution in [-0.2, 0) is 22.8 Å². The number of carbonyl (C=O) groups is 1. The fraction of sp³-hybridized carbons (Fsp3) is 0.321. The SMILES string of the molecule is CCN(CC)c1ccc(CN(C(=O)c2ccccc2Cl)C(C)C)c(OS(=O)(=O)c2cccc(C(F)(F)F)c2)c1. The number of hydrogen-bond acceptors (Lipinski definition) is 5. The Morgan fingerprint density at radius 2 is 1.64 bits per heavy atom. The third kappa shape index (κ3) is 7.24. The molecule has 0 saturated carbocycles. The van der Waals surface area contributed by atoms with E-state index in [0.717, 1.165) is 18.2 Å². The quantitative estimate of drug-likeness (QED) is 0.240. The van der Waals surface area contributed by atoms with E-state index in [-0.39, 0.29) is 34.8 Å². The lowest BCUT2D eigenvalue weighted by Gasteiger charge is -2.29. The largest absolute Gasteiger partial charge is 0.416 e. The first kappa shape index (κ1) is 30.3. The molecule has 0 unspecified atom stereocenters. The Balaban J connectivity index is 2.07. The number of rotatable bonds is 10. The van der Waals surface area contributed by atoms with E-state index in [9.17, 15) is 26.4 Å². The van der Waals surface area contributed by atoms with E-state index in [2.05, 4.69) is 0 Å². The van der Waals surface area contributed by atoms with Crippen LogP contribution in [0.2, 0.25) is 5.02 Å². The molecule has 210 valence electrons. The first-order valence-corrected chi connectivity index (χ1v) is 14.1. The van der Waals surface area contributed by atoms with Gasteiger partial charge < -0.3 is 14.0 Å². The molecule has 39 heavy (non-hydrogen) atoms. The maximum atomic E-state index is 13.4. The monoisotopic (exact) mass is 582 g/mol. The molecule has 0 aliphatic carbocycles. The predicted molar refractivity (Wildman–Crippen MR) is 146 cm³/mol. The van der Waals surface area contributed by atoms with Gasteiger partial charge in [-0.3, -0.25) is 4.79 Å². The van der Waals surface area contributed by atoms with E-state index in [4.69, 9.17) is 15.8 Å². The molecule has 0 saturated heterocycles. The van der Waals surface area contributed by atoms with Gasteiger partial charge in [0.05, 0.1) is 16.1 Å². The number of alkyl halides is 3. The number of benzene rings is 3. The molecule has 3 rings (SSSR count). The standard InChI is InChI=1S/C28H30ClF3N2O4S/c1-5-33(6-2)22-15-14-20(18-34(19(3)4)27(35)24-12-7-8-13-25(24)29)26(17-22)38-39(36,37)23-11-9-10-21(16-23)28(30,31)32/h7-17,19H,5-6,18H2,1-4H3. The summed E-state index contributed by atoms with van der Waals surface area (Å²) in [7, 11) is -4.65. The molecule has 6 nitrogen and oxygen atoms in total. The molecule has 0 radical (unpaired) electrons. The van der Waals surface area contributed by atoms with Gasteiger partial charge in [-0.05, 0) is 64.1 Å². The Bertz CT molecular complexity index is 1420. The average molecular weight is 583 g/mol. The molecule has 0 aromatic heterocycles. The summed E-state index contributed by atoms with van der Waals surface area (Å²) in [6.07, 6.45) is -4.73. The highest BCUT2D eigenvalue weighted by molar-refractivity contribution is 7.87. The van der Waals surface area contributed by atoms with Crippen LogP contribution < -0.4 is 9.08 Å². The van der Waals surface area contributed by atoms with Crippen LogP contribution in [-0.4, -0.2) is 38.4 Å². The topological polar surface area (TPSA) is 66.9 Å². The van der Waals surface area contributed by atoms with Gasteiger partial charge in [0, 0.05) is 43.0 Å². The third-order valence-corrected chi connectivity index (χ3v) is 7.72. The molecule has 0 N–H and O–H groups in total.